The van der Waals surface area contributed by atoms with Crippen molar-refractivity contribution in [3.8, 4) is 11.5 Å². The molecule has 1 saturated heterocycles. The zero-order valence-corrected chi connectivity index (χ0v) is 17.6. The first-order valence-corrected chi connectivity index (χ1v) is 9.98. The predicted molar refractivity (Wildman–Crippen MR) is 111 cm³/mol. The van der Waals surface area contributed by atoms with Gasteiger partial charge in [-0.05, 0) is 47.9 Å². The summed E-state index contributed by atoms with van der Waals surface area (Å²) in [6.07, 6.45) is 0.905. The van der Waals surface area contributed by atoms with Crippen molar-refractivity contribution in [2.75, 3.05) is 25.7 Å². The Morgan fingerprint density at radius 1 is 0.966 bits per heavy atom. The Bertz CT molecular complexity index is 995. The Morgan fingerprint density at radius 2 is 1.66 bits per heavy atom. The van der Waals surface area contributed by atoms with Crippen LogP contribution in [0.1, 0.15) is 17.5 Å². The number of rotatable bonds is 4. The summed E-state index contributed by atoms with van der Waals surface area (Å²) >= 11 is 12.0. The van der Waals surface area contributed by atoms with Gasteiger partial charge in [0, 0.05) is 13.1 Å². The summed E-state index contributed by atoms with van der Waals surface area (Å²) in [5, 5.41) is 0.684. The molecule has 8 heteroatoms. The summed E-state index contributed by atoms with van der Waals surface area (Å²) in [6, 6.07) is 8.19. The number of nitrogens with zero attached hydrogens (tertiary/aromatic N) is 2. The van der Waals surface area contributed by atoms with Crippen molar-refractivity contribution in [1.29, 1.82) is 0 Å². The van der Waals surface area contributed by atoms with Crippen LogP contribution in [0.5, 0.6) is 11.5 Å². The lowest BCUT2D eigenvalue weighted by atomic mass is 9.97. The van der Waals surface area contributed by atoms with Gasteiger partial charge in [0.15, 0.2) is 11.5 Å². The van der Waals surface area contributed by atoms with Gasteiger partial charge >= 0.3 is 0 Å². The highest BCUT2D eigenvalue weighted by Gasteiger charge is 2.43. The first kappa shape index (κ1) is 20.0. The zero-order valence-electron chi connectivity index (χ0n) is 16.1. The molecule has 29 heavy (non-hydrogen) atoms. The van der Waals surface area contributed by atoms with Gasteiger partial charge in [-0.1, -0.05) is 23.2 Å². The third-order valence-electron chi connectivity index (χ3n) is 5.47. The van der Waals surface area contributed by atoms with E-state index in [1.807, 2.05) is 17.0 Å². The van der Waals surface area contributed by atoms with E-state index in [4.69, 9.17) is 32.7 Å². The molecular weight excluding hydrogens is 415 g/mol. The Kier molecular flexibility index (Phi) is 5.42. The van der Waals surface area contributed by atoms with Crippen LogP contribution in [0.3, 0.4) is 0 Å². The summed E-state index contributed by atoms with van der Waals surface area (Å²) in [6.45, 7) is 1.25. The molecule has 2 aromatic carbocycles. The number of carbonyl (C=O) groups excluding carboxylic acids is 2. The number of methoxy groups -OCH3 is 2. The third-order valence-corrected chi connectivity index (χ3v) is 6.21. The second kappa shape index (κ2) is 7.86. The molecule has 2 aliphatic rings. The molecule has 6 nitrogen and oxygen atoms in total. The highest BCUT2D eigenvalue weighted by atomic mass is 35.5. The van der Waals surface area contributed by atoms with Crippen molar-refractivity contribution < 1.29 is 19.1 Å². The topological polar surface area (TPSA) is 59.1 Å². The maximum absolute atomic E-state index is 13.1. The number of hydrogen-bond donors (Lipinski definition) is 0. The summed E-state index contributed by atoms with van der Waals surface area (Å²) in [5.41, 5.74) is 2.68. The lowest BCUT2D eigenvalue weighted by molar-refractivity contribution is -0.123. The average molecular weight is 435 g/mol. The molecule has 1 fully saturated rings. The van der Waals surface area contributed by atoms with E-state index in [0.29, 0.717) is 40.3 Å². The number of anilines is 1. The van der Waals surface area contributed by atoms with Crippen LogP contribution in [-0.2, 0) is 22.6 Å². The molecule has 4 rings (SSSR count). The number of ether oxygens (including phenoxy) is 2. The van der Waals surface area contributed by atoms with Crippen LogP contribution < -0.4 is 14.4 Å². The summed E-state index contributed by atoms with van der Waals surface area (Å²) in [7, 11) is 3.21. The van der Waals surface area contributed by atoms with Crippen LogP contribution >= 0.6 is 23.2 Å². The molecule has 1 atom stereocenters. The molecule has 0 spiro atoms. The average Bonchev–Trinajstić information content (AvgIpc) is 3.02. The summed E-state index contributed by atoms with van der Waals surface area (Å²) < 4.78 is 10.8. The standard InChI is InChI=1S/C21H20Cl2N2O4/c1-28-18-7-12-5-6-24(11-13(12)8-19(18)29-2)17-10-20(26)25(21(17)27)14-3-4-15(22)16(23)9-14/h3-4,7-9,17H,5-6,10-11H2,1-2H3. The molecule has 2 aliphatic heterocycles. The first-order valence-electron chi connectivity index (χ1n) is 9.22. The molecule has 2 aromatic rings. The normalized spacial score (nSPS) is 19.4. The highest BCUT2D eigenvalue weighted by Crippen LogP contribution is 2.36. The van der Waals surface area contributed by atoms with E-state index in [1.165, 1.54) is 4.90 Å². The van der Waals surface area contributed by atoms with Gasteiger partial charge < -0.3 is 9.47 Å². The van der Waals surface area contributed by atoms with Crippen LogP contribution in [0.4, 0.5) is 5.69 Å². The second-order valence-electron chi connectivity index (χ2n) is 7.08. The summed E-state index contributed by atoms with van der Waals surface area (Å²) in [5.74, 6) is 0.866. The molecule has 2 heterocycles. The van der Waals surface area contributed by atoms with Crippen LogP contribution in [0.15, 0.2) is 30.3 Å². The largest absolute Gasteiger partial charge is 0.493 e. The van der Waals surface area contributed by atoms with E-state index in [9.17, 15) is 9.59 Å². The number of carbonyl (C=O) groups is 2. The molecule has 0 radical (unpaired) electrons. The van der Waals surface area contributed by atoms with Gasteiger partial charge in [0.2, 0.25) is 5.91 Å². The maximum Gasteiger partial charge on any atom is 0.251 e. The van der Waals surface area contributed by atoms with Crippen molar-refractivity contribution in [3.05, 3.63) is 51.5 Å². The fourth-order valence-electron chi connectivity index (χ4n) is 3.97. The SMILES string of the molecule is COc1cc2c(cc1OC)CN(C1CC(=O)N(c3ccc(Cl)c(Cl)c3)C1=O)CC2. The minimum Gasteiger partial charge on any atom is -0.493 e. The fourth-order valence-corrected chi connectivity index (χ4v) is 4.26. The molecule has 1 unspecified atom stereocenters. The van der Waals surface area contributed by atoms with Crippen molar-refractivity contribution in [1.82, 2.24) is 4.90 Å². The van der Waals surface area contributed by atoms with E-state index in [-0.39, 0.29) is 18.2 Å². The van der Waals surface area contributed by atoms with Crippen molar-refractivity contribution in [3.63, 3.8) is 0 Å². The maximum atomic E-state index is 13.1. The predicted octanol–water partition coefficient (Wildman–Crippen LogP) is 3.70. The molecule has 0 bridgehead atoms. The molecule has 0 saturated carbocycles. The van der Waals surface area contributed by atoms with Gasteiger partial charge in [0.05, 0.1) is 42.4 Å². The molecule has 152 valence electrons. The minimum atomic E-state index is -0.502. The van der Waals surface area contributed by atoms with Crippen molar-refractivity contribution in [2.45, 2.75) is 25.4 Å². The van der Waals surface area contributed by atoms with E-state index < -0.39 is 6.04 Å². The molecule has 0 aliphatic carbocycles. The van der Waals surface area contributed by atoms with Crippen LogP contribution in [0.25, 0.3) is 0 Å². The lowest BCUT2D eigenvalue weighted by Gasteiger charge is -2.32. The third kappa shape index (κ3) is 3.56. The number of hydrogen-bond acceptors (Lipinski definition) is 5. The molecule has 0 aromatic heterocycles. The van der Waals surface area contributed by atoms with Crippen molar-refractivity contribution >= 4 is 40.7 Å². The number of imide groups is 1. The highest BCUT2D eigenvalue weighted by molar-refractivity contribution is 6.42. The van der Waals surface area contributed by atoms with E-state index >= 15 is 0 Å². The van der Waals surface area contributed by atoms with Crippen LogP contribution in [0, 0.1) is 0 Å². The Labute approximate surface area is 178 Å². The fraction of sp³-hybridized carbons (Fsp3) is 0.333. The second-order valence-corrected chi connectivity index (χ2v) is 7.90. The lowest BCUT2D eigenvalue weighted by Crippen LogP contribution is -2.44. The van der Waals surface area contributed by atoms with E-state index in [0.717, 1.165) is 17.5 Å². The van der Waals surface area contributed by atoms with Gasteiger partial charge in [0.1, 0.15) is 0 Å². The van der Waals surface area contributed by atoms with Gasteiger partial charge in [0.25, 0.3) is 5.91 Å². The van der Waals surface area contributed by atoms with Gasteiger partial charge in [-0.3, -0.25) is 14.5 Å². The van der Waals surface area contributed by atoms with Gasteiger partial charge in [-0.2, -0.15) is 0 Å². The molecular formula is C21H20Cl2N2O4. The zero-order chi connectivity index (χ0) is 20.7. The Morgan fingerprint density at radius 3 is 2.31 bits per heavy atom. The first-order chi connectivity index (χ1) is 13.9. The smallest absolute Gasteiger partial charge is 0.251 e. The van der Waals surface area contributed by atoms with Gasteiger partial charge in [-0.25, -0.2) is 4.90 Å². The number of halogens is 2. The van der Waals surface area contributed by atoms with E-state index in [1.54, 1.807) is 32.4 Å². The van der Waals surface area contributed by atoms with Crippen LogP contribution in [0.2, 0.25) is 10.0 Å². The van der Waals surface area contributed by atoms with Crippen LogP contribution in [-0.4, -0.2) is 43.5 Å². The molecule has 0 N–H and O–H groups in total. The molecule has 2 amide bonds. The number of benzene rings is 2. The van der Waals surface area contributed by atoms with Gasteiger partial charge in [-0.15, -0.1) is 0 Å². The van der Waals surface area contributed by atoms with Crippen molar-refractivity contribution in [2.24, 2.45) is 0 Å². The Balaban J connectivity index is 1.58. The monoisotopic (exact) mass is 434 g/mol. The minimum absolute atomic E-state index is 0.141. The number of fused-ring (bicyclic) bond motifs is 1. The van der Waals surface area contributed by atoms with E-state index in [2.05, 4.69) is 0 Å². The Hall–Kier alpha value is -2.28. The quantitative estimate of drug-likeness (QED) is 0.686. The number of amides is 2. The summed E-state index contributed by atoms with van der Waals surface area (Å²) in [4.78, 5) is 29.0.